The maximum Gasteiger partial charge on any atom is 0.123 e. The van der Waals surface area contributed by atoms with Crippen molar-refractivity contribution in [1.29, 1.82) is 0 Å². The van der Waals surface area contributed by atoms with Crippen molar-refractivity contribution in [2.24, 2.45) is 0 Å². The van der Waals surface area contributed by atoms with Crippen LogP contribution < -0.4 is 0 Å². The van der Waals surface area contributed by atoms with Gasteiger partial charge in [-0.2, -0.15) is 0 Å². The molecule has 3 heteroatoms. The number of hydrogen-bond donors (Lipinski definition) is 0. The molecule has 0 bridgehead atoms. The molecule has 25 heavy (non-hydrogen) atoms. The summed E-state index contributed by atoms with van der Waals surface area (Å²) in [6.45, 7) is 1.51. The maximum atomic E-state index is 13.1. The largest absolute Gasteiger partial charge is 0.373 e. The Morgan fingerprint density at radius 1 is 1.00 bits per heavy atom. The van der Waals surface area contributed by atoms with Gasteiger partial charge in [0.15, 0.2) is 0 Å². The number of halogens is 1. The minimum absolute atomic E-state index is 0.197. The van der Waals surface area contributed by atoms with Crippen LogP contribution in [0.1, 0.15) is 48.3 Å². The Hall–Kier alpha value is -1.71. The van der Waals surface area contributed by atoms with Crippen LogP contribution in [-0.4, -0.2) is 25.1 Å². The van der Waals surface area contributed by atoms with Crippen molar-refractivity contribution in [3.05, 3.63) is 71.0 Å². The minimum Gasteiger partial charge on any atom is -0.373 e. The summed E-state index contributed by atoms with van der Waals surface area (Å²) in [5.74, 6) is 0.252. The molecule has 1 fully saturated rings. The van der Waals surface area contributed by atoms with E-state index >= 15 is 0 Å². The Labute approximate surface area is 150 Å². The lowest BCUT2D eigenvalue weighted by molar-refractivity contribution is 0.00169. The zero-order chi connectivity index (χ0) is 17.6. The van der Waals surface area contributed by atoms with Crippen molar-refractivity contribution in [2.45, 2.75) is 50.9 Å². The molecule has 0 aliphatic heterocycles. The summed E-state index contributed by atoms with van der Waals surface area (Å²) in [6, 6.07) is 15.4. The number of nitrogens with zero attached hydrogens (tertiary/aromatic N) is 1. The topological polar surface area (TPSA) is 12.5 Å². The van der Waals surface area contributed by atoms with Gasteiger partial charge in [0, 0.05) is 12.5 Å². The Morgan fingerprint density at radius 2 is 1.72 bits per heavy atom. The zero-order valence-electron chi connectivity index (χ0n) is 15.2. The molecule has 1 aliphatic rings. The molecule has 0 N–H and O–H groups in total. The van der Waals surface area contributed by atoms with E-state index in [1.54, 1.807) is 0 Å². The highest BCUT2D eigenvalue weighted by atomic mass is 19.1. The van der Waals surface area contributed by atoms with E-state index < -0.39 is 0 Å². The van der Waals surface area contributed by atoms with Crippen molar-refractivity contribution >= 4 is 0 Å². The summed E-state index contributed by atoms with van der Waals surface area (Å²) in [5.41, 5.74) is 3.86. The molecule has 1 aliphatic carbocycles. The van der Waals surface area contributed by atoms with Gasteiger partial charge in [0.05, 0.1) is 12.7 Å². The van der Waals surface area contributed by atoms with E-state index in [2.05, 4.69) is 43.3 Å². The van der Waals surface area contributed by atoms with E-state index in [-0.39, 0.29) is 11.9 Å². The molecule has 3 rings (SSSR count). The fraction of sp³-hybridized carbons (Fsp3) is 0.455. The number of benzene rings is 2. The molecular weight excluding hydrogens is 313 g/mol. The van der Waals surface area contributed by atoms with Crippen LogP contribution in [0.5, 0.6) is 0 Å². The van der Waals surface area contributed by atoms with Gasteiger partial charge < -0.3 is 9.64 Å². The van der Waals surface area contributed by atoms with Crippen LogP contribution in [0.4, 0.5) is 4.39 Å². The first-order valence-electron chi connectivity index (χ1n) is 9.22. The van der Waals surface area contributed by atoms with E-state index in [0.29, 0.717) is 12.5 Å². The van der Waals surface area contributed by atoms with E-state index in [1.807, 2.05) is 12.1 Å². The summed E-state index contributed by atoms with van der Waals surface area (Å²) in [6.07, 6.45) is 5.00. The highest BCUT2D eigenvalue weighted by Crippen LogP contribution is 2.37. The molecule has 2 nitrogen and oxygen atoms in total. The number of rotatable bonds is 6. The van der Waals surface area contributed by atoms with Crippen LogP contribution in [0.25, 0.3) is 0 Å². The highest BCUT2D eigenvalue weighted by molar-refractivity contribution is 5.31. The van der Waals surface area contributed by atoms with Gasteiger partial charge in [0.2, 0.25) is 0 Å². The molecule has 2 aromatic carbocycles. The van der Waals surface area contributed by atoms with Gasteiger partial charge in [-0.3, -0.25) is 0 Å². The quantitative estimate of drug-likeness (QED) is 0.722. The molecule has 2 unspecified atom stereocenters. The second-order valence-corrected chi connectivity index (χ2v) is 7.30. The van der Waals surface area contributed by atoms with E-state index in [4.69, 9.17) is 4.74 Å². The van der Waals surface area contributed by atoms with Crippen molar-refractivity contribution in [2.75, 3.05) is 14.1 Å². The minimum atomic E-state index is -0.197. The summed E-state index contributed by atoms with van der Waals surface area (Å²) >= 11 is 0. The zero-order valence-corrected chi connectivity index (χ0v) is 15.2. The second-order valence-electron chi connectivity index (χ2n) is 7.30. The van der Waals surface area contributed by atoms with Crippen LogP contribution >= 0.6 is 0 Å². The van der Waals surface area contributed by atoms with Crippen LogP contribution in [0.3, 0.4) is 0 Å². The van der Waals surface area contributed by atoms with Gasteiger partial charge in [0.1, 0.15) is 5.82 Å². The second kappa shape index (κ2) is 8.59. The molecule has 0 amide bonds. The van der Waals surface area contributed by atoms with Gasteiger partial charge in [0.25, 0.3) is 0 Å². The Balaban J connectivity index is 1.73. The predicted molar refractivity (Wildman–Crippen MR) is 100 cm³/mol. The van der Waals surface area contributed by atoms with E-state index in [0.717, 1.165) is 18.5 Å². The van der Waals surface area contributed by atoms with Crippen LogP contribution in [-0.2, 0) is 17.9 Å². The number of ether oxygens (including phenoxy) is 1. The first kappa shape index (κ1) is 18.1. The molecule has 0 spiro atoms. The van der Waals surface area contributed by atoms with Gasteiger partial charge in [-0.1, -0.05) is 49.2 Å². The Kier molecular flexibility index (Phi) is 6.22. The molecular formula is C22H28FNO. The lowest BCUT2D eigenvalue weighted by Crippen LogP contribution is -2.27. The molecule has 134 valence electrons. The standard InChI is InChI=1S/C22H28FNO/c1-24(2)15-18-7-3-4-8-20(18)21-9-5-6-10-22(21)25-16-17-11-13-19(23)14-12-17/h3-4,7-8,11-14,21-22H,5-6,9-10,15-16H2,1-2H3. The van der Waals surface area contributed by atoms with Crippen molar-refractivity contribution in [1.82, 2.24) is 4.90 Å². The third-order valence-corrected chi connectivity index (χ3v) is 5.02. The van der Waals surface area contributed by atoms with Crippen molar-refractivity contribution in [3.63, 3.8) is 0 Å². The van der Waals surface area contributed by atoms with Crippen molar-refractivity contribution < 1.29 is 9.13 Å². The normalized spacial score (nSPS) is 20.8. The van der Waals surface area contributed by atoms with Gasteiger partial charge >= 0.3 is 0 Å². The van der Waals surface area contributed by atoms with Crippen LogP contribution in [0.2, 0.25) is 0 Å². The fourth-order valence-electron chi connectivity index (χ4n) is 3.82. The third kappa shape index (κ3) is 4.90. The molecule has 1 saturated carbocycles. The molecule has 0 radical (unpaired) electrons. The molecule has 2 atom stereocenters. The Bertz CT molecular complexity index is 668. The van der Waals surface area contributed by atoms with E-state index in [1.165, 1.54) is 42.5 Å². The molecule has 0 heterocycles. The van der Waals surface area contributed by atoms with Gasteiger partial charge in [-0.25, -0.2) is 4.39 Å². The lowest BCUT2D eigenvalue weighted by atomic mass is 9.79. The lowest BCUT2D eigenvalue weighted by Gasteiger charge is -2.33. The summed E-state index contributed by atoms with van der Waals surface area (Å²) in [4.78, 5) is 2.22. The van der Waals surface area contributed by atoms with E-state index in [9.17, 15) is 4.39 Å². The number of hydrogen-bond acceptors (Lipinski definition) is 2. The molecule has 2 aromatic rings. The smallest absolute Gasteiger partial charge is 0.123 e. The van der Waals surface area contributed by atoms with Gasteiger partial charge in [-0.15, -0.1) is 0 Å². The summed E-state index contributed by atoms with van der Waals surface area (Å²) < 4.78 is 19.4. The third-order valence-electron chi connectivity index (χ3n) is 5.02. The van der Waals surface area contributed by atoms with Crippen molar-refractivity contribution in [3.8, 4) is 0 Å². The summed E-state index contributed by atoms with van der Waals surface area (Å²) in [5, 5.41) is 0. The predicted octanol–water partition coefficient (Wildman–Crippen LogP) is 5.13. The molecule has 0 aromatic heterocycles. The molecule has 0 saturated heterocycles. The fourth-order valence-corrected chi connectivity index (χ4v) is 3.82. The maximum absolute atomic E-state index is 13.1. The van der Waals surface area contributed by atoms with Gasteiger partial charge in [-0.05, 0) is 55.8 Å². The average molecular weight is 341 g/mol. The van der Waals surface area contributed by atoms with Crippen LogP contribution in [0, 0.1) is 5.82 Å². The first-order valence-corrected chi connectivity index (χ1v) is 9.22. The SMILES string of the molecule is CN(C)Cc1ccccc1C1CCCCC1OCc1ccc(F)cc1. The average Bonchev–Trinajstić information content (AvgIpc) is 2.62. The Morgan fingerprint density at radius 3 is 2.48 bits per heavy atom. The summed E-state index contributed by atoms with van der Waals surface area (Å²) in [7, 11) is 4.22. The highest BCUT2D eigenvalue weighted by Gasteiger charge is 2.28. The first-order chi connectivity index (χ1) is 12.1. The monoisotopic (exact) mass is 341 g/mol. The van der Waals surface area contributed by atoms with Crippen LogP contribution in [0.15, 0.2) is 48.5 Å².